The predicted molar refractivity (Wildman–Crippen MR) is 133 cm³/mol. The first-order valence-electron chi connectivity index (χ1n) is 14.1. The Balaban J connectivity index is 0.000000934. The lowest BCUT2D eigenvalue weighted by Crippen LogP contribution is -2.19. The number of hydrogen-bond acceptors (Lipinski definition) is 7. The Kier molecular flexibility index (Phi) is 5.53. The van der Waals surface area contributed by atoms with Crippen LogP contribution in [0.4, 0.5) is 11.5 Å². The van der Waals surface area contributed by atoms with Crippen LogP contribution in [0.2, 0.25) is 0 Å². The second kappa shape index (κ2) is 11.6. The van der Waals surface area contributed by atoms with Gasteiger partial charge >= 0.3 is 0 Å². The Morgan fingerprint density at radius 2 is 1.77 bits per heavy atom. The van der Waals surface area contributed by atoms with Crippen LogP contribution in [0.5, 0.6) is 0 Å². The van der Waals surface area contributed by atoms with Crippen molar-refractivity contribution >= 4 is 27.5 Å². The largest absolute Gasteiger partial charge is 0.365 e. The summed E-state index contributed by atoms with van der Waals surface area (Å²) in [6.07, 6.45) is -7.54. The average Bonchev–Trinajstić information content (AvgIpc) is 2.98. The fourth-order valence-electron chi connectivity index (χ4n) is 2.96. The van der Waals surface area contributed by atoms with Crippen molar-refractivity contribution in [3.8, 4) is 6.07 Å². The molecule has 0 bridgehead atoms. The number of nitrogens with zero attached hydrogens (tertiary/aromatic N) is 3. The molecule has 35 heavy (non-hydrogen) atoms. The van der Waals surface area contributed by atoms with Crippen LogP contribution in [0, 0.1) is 11.3 Å². The molecule has 9 nitrogen and oxygen atoms in total. The van der Waals surface area contributed by atoms with Gasteiger partial charge in [0.1, 0.15) is 5.82 Å². The van der Waals surface area contributed by atoms with E-state index >= 15 is 0 Å². The first kappa shape index (κ1) is 16.8. The molecule has 0 atom stereocenters. The van der Waals surface area contributed by atoms with Crippen molar-refractivity contribution in [3.63, 3.8) is 0 Å². The third-order valence-electron chi connectivity index (χ3n) is 4.57. The second-order valence-electron chi connectivity index (χ2n) is 7.23. The van der Waals surface area contributed by atoms with E-state index in [4.69, 9.17) is 15.5 Å². The van der Waals surface area contributed by atoms with Crippen LogP contribution < -0.4 is 10.6 Å². The van der Waals surface area contributed by atoms with Gasteiger partial charge in [-0.15, -0.1) is 0 Å². The van der Waals surface area contributed by atoms with Crippen LogP contribution in [0.3, 0.4) is 0 Å². The number of carbonyl (C=O) groups excluding carboxylic acids is 1. The minimum absolute atomic E-state index is 0.237. The minimum atomic E-state index is -3.67. The summed E-state index contributed by atoms with van der Waals surface area (Å²) >= 11 is 0. The van der Waals surface area contributed by atoms with Crippen molar-refractivity contribution in [1.82, 2.24) is 9.97 Å². The fraction of sp³-hybridized carbons (Fsp3) is 0.280. The summed E-state index contributed by atoms with van der Waals surface area (Å²) in [5.74, 6) is -0.184. The molecule has 3 aromatic rings. The highest BCUT2D eigenvalue weighted by molar-refractivity contribution is 7.85. The number of aromatic nitrogens is 2. The van der Waals surface area contributed by atoms with Crippen LogP contribution in [-0.4, -0.2) is 35.1 Å². The second-order valence-corrected chi connectivity index (χ2v) is 8.70. The number of hydrogen-bond donors (Lipinski definition) is 3. The normalized spacial score (nSPS) is 23.3. The number of amides is 1. The van der Waals surface area contributed by atoms with Gasteiger partial charge in [-0.3, -0.25) is 14.3 Å². The molecule has 0 unspecified atom stereocenters. The van der Waals surface area contributed by atoms with Crippen molar-refractivity contribution < 1.29 is 28.7 Å². The zero-order valence-electron chi connectivity index (χ0n) is 26.5. The zero-order chi connectivity index (χ0) is 32.5. The molecule has 1 aliphatic rings. The molecule has 2 heterocycles. The maximum atomic E-state index is 13.0. The predicted octanol–water partition coefficient (Wildman–Crippen LogP) is 4.18. The van der Waals surface area contributed by atoms with Gasteiger partial charge in [0, 0.05) is 41.8 Å². The molecule has 1 amide bonds. The Morgan fingerprint density at radius 1 is 1.14 bits per heavy atom. The van der Waals surface area contributed by atoms with E-state index in [1.54, 1.807) is 30.6 Å². The Morgan fingerprint density at radius 3 is 2.37 bits per heavy atom. The van der Waals surface area contributed by atoms with Gasteiger partial charge in [0.25, 0.3) is 16.0 Å². The molecular weight excluding hydrogens is 466 g/mol. The monoisotopic (exact) mass is 501 g/mol. The van der Waals surface area contributed by atoms with Crippen molar-refractivity contribution in [3.05, 3.63) is 83.8 Å². The fourth-order valence-corrected chi connectivity index (χ4v) is 2.96. The van der Waals surface area contributed by atoms with Crippen LogP contribution >= 0.6 is 0 Å². The number of nitriles is 1. The van der Waals surface area contributed by atoms with E-state index in [0.29, 0.717) is 18.6 Å². The highest BCUT2D eigenvalue weighted by atomic mass is 32.2. The van der Waals surface area contributed by atoms with Crippen LogP contribution in [0.1, 0.15) is 57.9 Å². The van der Waals surface area contributed by atoms with E-state index in [0.717, 1.165) is 5.56 Å². The Labute approximate surface area is 216 Å². The van der Waals surface area contributed by atoms with E-state index in [1.165, 1.54) is 30.5 Å². The van der Waals surface area contributed by atoms with E-state index in [2.05, 4.69) is 20.6 Å². The lowest BCUT2D eigenvalue weighted by Gasteiger charge is -2.21. The molecule has 3 N–H and O–H groups in total. The van der Waals surface area contributed by atoms with Gasteiger partial charge in [0.05, 0.1) is 23.3 Å². The van der Waals surface area contributed by atoms with Crippen LogP contribution in [-0.2, 0) is 22.1 Å². The lowest BCUT2D eigenvalue weighted by molar-refractivity contribution is 0.102. The van der Waals surface area contributed by atoms with Gasteiger partial charge < -0.3 is 10.6 Å². The highest BCUT2D eigenvalue weighted by Gasteiger charge is 2.35. The molecule has 1 fully saturated rings. The van der Waals surface area contributed by atoms with Gasteiger partial charge in [-0.2, -0.15) is 13.7 Å². The molecule has 1 aromatic carbocycles. The zero-order valence-corrected chi connectivity index (χ0v) is 19.3. The number of carbonyl (C=O) groups is 1. The molecule has 0 saturated heterocycles. The molecule has 0 spiro atoms. The molecular formula is C25H27N5O4S. The first-order chi connectivity index (χ1) is 19.7. The SMILES string of the molecule is CS(=O)(=O)O.[2H]C1([2H])C([2H])([2H])C([2H])([2H])C(C#N)(c2ccc(NC(=O)c3cccnc3NCc3ccncc3)cc2)C1([2H])[2H]. The standard InChI is InChI=1S/C24H23N5O.CH4O3S/c25-17-24(11-1-2-12-24)19-5-7-20(8-6-19)29-23(30)21-4-3-13-27-22(21)28-16-18-9-14-26-15-10-18;1-5(2,3)4/h3-10,13-15H,1-2,11-12,16H2,(H,27,28)(H,29,30);1H3,(H,2,3,4)/i1D2,2D2,11D2,12D2;. The summed E-state index contributed by atoms with van der Waals surface area (Å²) in [5.41, 5.74) is -1.65. The number of nitrogens with one attached hydrogen (secondary N) is 2. The van der Waals surface area contributed by atoms with Crippen LogP contribution in [0.15, 0.2) is 67.1 Å². The third-order valence-corrected chi connectivity index (χ3v) is 4.57. The van der Waals surface area contributed by atoms with Crippen molar-refractivity contribution in [2.75, 3.05) is 16.9 Å². The average molecular weight is 502 g/mol. The summed E-state index contributed by atoms with van der Waals surface area (Å²) in [7, 11) is -3.67. The first-order valence-corrected chi connectivity index (χ1v) is 11.9. The van der Waals surface area contributed by atoms with Crippen molar-refractivity contribution in [1.29, 1.82) is 5.26 Å². The van der Waals surface area contributed by atoms with Gasteiger partial charge in [0.2, 0.25) is 0 Å². The van der Waals surface area contributed by atoms with Gasteiger partial charge in [-0.1, -0.05) is 24.9 Å². The Hall–Kier alpha value is -3.81. The summed E-state index contributed by atoms with van der Waals surface area (Å²) in [5, 5.41) is 15.8. The maximum absolute atomic E-state index is 13.0. The number of anilines is 2. The molecule has 2 aromatic heterocycles. The molecule has 182 valence electrons. The maximum Gasteiger partial charge on any atom is 0.261 e. The minimum Gasteiger partial charge on any atom is -0.365 e. The number of rotatable bonds is 6. The molecule has 10 heteroatoms. The van der Waals surface area contributed by atoms with E-state index in [-0.39, 0.29) is 16.8 Å². The van der Waals surface area contributed by atoms with E-state index in [9.17, 15) is 18.5 Å². The molecule has 0 aliphatic heterocycles. The van der Waals surface area contributed by atoms with Gasteiger partial charge in [-0.05, 0) is 60.3 Å². The summed E-state index contributed by atoms with van der Waals surface area (Å²) in [4.78, 5) is 21.2. The van der Waals surface area contributed by atoms with Crippen molar-refractivity contribution in [2.45, 2.75) is 37.5 Å². The molecule has 0 radical (unpaired) electrons. The molecule has 1 aliphatic carbocycles. The smallest absolute Gasteiger partial charge is 0.261 e. The van der Waals surface area contributed by atoms with E-state index in [1.807, 2.05) is 12.1 Å². The number of benzene rings is 1. The topological polar surface area (TPSA) is 145 Å². The quantitative estimate of drug-likeness (QED) is 0.427. The molecule has 4 rings (SSSR count). The van der Waals surface area contributed by atoms with Gasteiger partial charge in [0.15, 0.2) is 0 Å². The summed E-state index contributed by atoms with van der Waals surface area (Å²) in [6, 6.07) is 13.4. The third kappa shape index (κ3) is 7.60. The summed E-state index contributed by atoms with van der Waals surface area (Å²) < 4.78 is 91.5. The summed E-state index contributed by atoms with van der Waals surface area (Å²) in [6.45, 7) is 0.399. The van der Waals surface area contributed by atoms with E-state index < -0.39 is 46.9 Å². The highest BCUT2D eigenvalue weighted by Crippen LogP contribution is 2.40. The van der Waals surface area contributed by atoms with Crippen LogP contribution in [0.25, 0.3) is 0 Å². The van der Waals surface area contributed by atoms with Crippen molar-refractivity contribution in [2.24, 2.45) is 0 Å². The van der Waals surface area contributed by atoms with Gasteiger partial charge in [-0.25, -0.2) is 4.98 Å². The molecule has 1 saturated carbocycles. The lowest BCUT2D eigenvalue weighted by atomic mass is 9.80. The Bertz CT molecular complexity index is 1600. The number of pyridine rings is 2.